The first-order valence-electron chi connectivity index (χ1n) is 10.2. The van der Waals surface area contributed by atoms with Gasteiger partial charge in [-0.2, -0.15) is 10.4 Å². The van der Waals surface area contributed by atoms with Crippen LogP contribution in [0.25, 0.3) is 11.3 Å². The summed E-state index contributed by atoms with van der Waals surface area (Å²) in [6, 6.07) is 15.5. The van der Waals surface area contributed by atoms with Gasteiger partial charge in [-0.3, -0.25) is 9.89 Å². The monoisotopic (exact) mass is 398 g/mol. The molecule has 3 aromatic rings. The van der Waals surface area contributed by atoms with E-state index in [-0.39, 0.29) is 12.0 Å². The van der Waals surface area contributed by atoms with Gasteiger partial charge in [0, 0.05) is 30.1 Å². The lowest BCUT2D eigenvalue weighted by Gasteiger charge is -2.39. The number of nitrogens with one attached hydrogen (secondary N) is 1. The number of likely N-dealkylation sites (tertiary alicyclic amines) is 1. The van der Waals surface area contributed by atoms with Gasteiger partial charge in [-0.25, -0.2) is 0 Å². The molecule has 2 heterocycles. The topological polar surface area (TPSA) is 82.0 Å². The SMILES string of the molecule is Cc1ccc(C(=O)N2CC(c3ccc(C#N)cc3)C2)cc1-c1[nH]ncc1OC1CC1. The zero-order chi connectivity index (χ0) is 20.7. The van der Waals surface area contributed by atoms with Crippen molar-refractivity contribution in [2.45, 2.75) is 31.8 Å². The molecule has 1 aliphatic heterocycles. The summed E-state index contributed by atoms with van der Waals surface area (Å²) in [5.74, 6) is 1.10. The molecule has 2 aromatic carbocycles. The van der Waals surface area contributed by atoms with Crippen molar-refractivity contribution in [3.8, 4) is 23.1 Å². The summed E-state index contributed by atoms with van der Waals surface area (Å²) in [4.78, 5) is 14.9. The summed E-state index contributed by atoms with van der Waals surface area (Å²) >= 11 is 0. The Kier molecular flexibility index (Phi) is 4.51. The zero-order valence-corrected chi connectivity index (χ0v) is 16.8. The largest absolute Gasteiger partial charge is 0.486 e. The zero-order valence-electron chi connectivity index (χ0n) is 16.8. The van der Waals surface area contributed by atoms with Crippen molar-refractivity contribution in [2.24, 2.45) is 0 Å². The van der Waals surface area contributed by atoms with Gasteiger partial charge in [0.1, 0.15) is 5.69 Å². The van der Waals surface area contributed by atoms with Gasteiger partial charge in [-0.1, -0.05) is 18.2 Å². The Balaban J connectivity index is 1.32. The van der Waals surface area contributed by atoms with Gasteiger partial charge in [-0.15, -0.1) is 0 Å². The maximum atomic E-state index is 13.0. The molecular formula is C24H22N4O2. The molecule has 150 valence electrons. The van der Waals surface area contributed by atoms with E-state index in [1.165, 1.54) is 5.56 Å². The number of aromatic amines is 1. The number of aryl methyl sites for hydroxylation is 1. The third-order valence-corrected chi connectivity index (χ3v) is 5.86. The van der Waals surface area contributed by atoms with E-state index in [0.29, 0.717) is 30.1 Å². The average Bonchev–Trinajstić information content (AvgIpc) is 3.43. The van der Waals surface area contributed by atoms with Gasteiger partial charge in [-0.05, 0) is 55.2 Å². The molecule has 1 saturated heterocycles. The number of carbonyl (C=O) groups excluding carboxylic acids is 1. The molecule has 0 bridgehead atoms. The Hall–Kier alpha value is -3.59. The first kappa shape index (κ1) is 18.4. The van der Waals surface area contributed by atoms with Gasteiger partial charge in [0.05, 0.1) is 23.9 Å². The quantitative estimate of drug-likeness (QED) is 0.703. The molecule has 0 atom stereocenters. The number of rotatable bonds is 5. The number of hydrogen-bond acceptors (Lipinski definition) is 4. The number of H-pyrrole nitrogens is 1. The van der Waals surface area contributed by atoms with E-state index >= 15 is 0 Å². The van der Waals surface area contributed by atoms with E-state index in [1.54, 1.807) is 6.20 Å². The summed E-state index contributed by atoms with van der Waals surface area (Å²) in [5.41, 5.74) is 5.33. The molecule has 0 unspecified atom stereocenters. The van der Waals surface area contributed by atoms with E-state index in [2.05, 4.69) is 16.3 Å². The number of carbonyl (C=O) groups is 1. The second-order valence-corrected chi connectivity index (χ2v) is 8.10. The fourth-order valence-electron chi connectivity index (χ4n) is 3.81. The number of hydrogen-bond donors (Lipinski definition) is 1. The summed E-state index contributed by atoms with van der Waals surface area (Å²) in [6.07, 6.45) is 4.15. The second-order valence-electron chi connectivity index (χ2n) is 8.10. The molecule has 1 amide bonds. The lowest BCUT2D eigenvalue weighted by atomic mass is 9.90. The average molecular weight is 398 g/mol. The molecule has 6 heteroatoms. The minimum absolute atomic E-state index is 0.0327. The highest BCUT2D eigenvalue weighted by atomic mass is 16.5. The van der Waals surface area contributed by atoms with Gasteiger partial charge in [0.15, 0.2) is 5.75 Å². The highest BCUT2D eigenvalue weighted by Crippen LogP contribution is 2.36. The van der Waals surface area contributed by atoms with Crippen molar-refractivity contribution in [3.63, 3.8) is 0 Å². The molecule has 30 heavy (non-hydrogen) atoms. The fraction of sp³-hybridized carbons (Fsp3) is 0.292. The summed E-state index contributed by atoms with van der Waals surface area (Å²) in [5, 5.41) is 16.1. The van der Waals surface area contributed by atoms with Crippen LogP contribution in [0.3, 0.4) is 0 Å². The molecule has 1 aromatic heterocycles. The normalized spacial score (nSPS) is 16.1. The van der Waals surface area contributed by atoms with Crippen LogP contribution >= 0.6 is 0 Å². The Morgan fingerprint density at radius 3 is 2.67 bits per heavy atom. The molecule has 2 fully saturated rings. The van der Waals surface area contributed by atoms with Crippen LogP contribution < -0.4 is 4.74 Å². The van der Waals surface area contributed by atoms with Crippen LogP contribution in [0.4, 0.5) is 0 Å². The van der Waals surface area contributed by atoms with Crippen LogP contribution in [0.2, 0.25) is 0 Å². The van der Waals surface area contributed by atoms with Crippen LogP contribution in [-0.4, -0.2) is 40.2 Å². The van der Waals surface area contributed by atoms with Crippen LogP contribution in [0.5, 0.6) is 5.75 Å². The lowest BCUT2D eigenvalue weighted by Crippen LogP contribution is -2.48. The maximum absolute atomic E-state index is 13.0. The van der Waals surface area contributed by atoms with Gasteiger partial charge in [0.2, 0.25) is 0 Å². The molecule has 6 nitrogen and oxygen atoms in total. The lowest BCUT2D eigenvalue weighted by molar-refractivity contribution is 0.0602. The van der Waals surface area contributed by atoms with E-state index in [9.17, 15) is 4.79 Å². The first-order valence-corrected chi connectivity index (χ1v) is 10.2. The molecular weight excluding hydrogens is 376 g/mol. The van der Waals surface area contributed by atoms with Gasteiger partial charge in [0.25, 0.3) is 5.91 Å². The summed E-state index contributed by atoms with van der Waals surface area (Å²) in [7, 11) is 0. The van der Waals surface area contributed by atoms with Crippen molar-refractivity contribution in [1.29, 1.82) is 5.26 Å². The molecule has 1 aliphatic carbocycles. The van der Waals surface area contributed by atoms with Crippen LogP contribution in [-0.2, 0) is 0 Å². The minimum Gasteiger partial charge on any atom is -0.486 e. The second kappa shape index (κ2) is 7.34. The number of benzene rings is 2. The smallest absolute Gasteiger partial charge is 0.253 e. The van der Waals surface area contributed by atoms with E-state index in [4.69, 9.17) is 10.00 Å². The third kappa shape index (κ3) is 3.43. The standard InChI is InChI=1S/C24H22N4O2/c1-15-2-5-18(10-21(15)23-22(12-26-27-23)30-20-8-9-20)24(29)28-13-19(14-28)17-6-3-16(11-25)4-7-17/h2-7,10,12,19-20H,8-9,13-14H2,1H3,(H,26,27). The highest BCUT2D eigenvalue weighted by Gasteiger charge is 2.32. The Labute approximate surface area is 175 Å². The Morgan fingerprint density at radius 2 is 1.97 bits per heavy atom. The fourth-order valence-corrected chi connectivity index (χ4v) is 3.81. The Morgan fingerprint density at radius 1 is 1.20 bits per heavy atom. The first-order chi connectivity index (χ1) is 14.6. The predicted octanol–water partition coefficient (Wildman–Crippen LogP) is 4.04. The highest BCUT2D eigenvalue weighted by molar-refractivity contribution is 5.96. The number of aromatic nitrogens is 2. The Bertz CT molecular complexity index is 1130. The third-order valence-electron chi connectivity index (χ3n) is 5.86. The number of nitriles is 1. The van der Waals surface area contributed by atoms with Crippen LogP contribution in [0.1, 0.15) is 45.8 Å². The van der Waals surface area contributed by atoms with Gasteiger partial charge < -0.3 is 9.64 Å². The summed E-state index contributed by atoms with van der Waals surface area (Å²) < 4.78 is 5.96. The van der Waals surface area contributed by atoms with Gasteiger partial charge >= 0.3 is 0 Å². The van der Waals surface area contributed by atoms with Crippen molar-refractivity contribution < 1.29 is 9.53 Å². The molecule has 2 aliphatic rings. The van der Waals surface area contributed by atoms with Crippen LogP contribution in [0, 0.1) is 18.3 Å². The van der Waals surface area contributed by atoms with E-state index < -0.39 is 0 Å². The van der Waals surface area contributed by atoms with Crippen molar-refractivity contribution >= 4 is 5.91 Å². The van der Waals surface area contributed by atoms with E-state index in [1.807, 2.05) is 54.3 Å². The number of amides is 1. The molecule has 0 radical (unpaired) electrons. The van der Waals surface area contributed by atoms with Crippen molar-refractivity contribution in [1.82, 2.24) is 15.1 Å². The summed E-state index contributed by atoms with van der Waals surface area (Å²) in [6.45, 7) is 3.40. The van der Waals surface area contributed by atoms with Crippen LogP contribution in [0.15, 0.2) is 48.7 Å². The molecule has 0 spiro atoms. The predicted molar refractivity (Wildman–Crippen MR) is 112 cm³/mol. The number of ether oxygens (including phenoxy) is 1. The van der Waals surface area contributed by atoms with E-state index in [0.717, 1.165) is 35.4 Å². The van der Waals surface area contributed by atoms with Crippen molar-refractivity contribution in [3.05, 3.63) is 70.9 Å². The molecule has 1 N–H and O–H groups in total. The molecule has 1 saturated carbocycles. The maximum Gasteiger partial charge on any atom is 0.253 e. The minimum atomic E-state index is 0.0327. The van der Waals surface area contributed by atoms with Crippen molar-refractivity contribution in [2.75, 3.05) is 13.1 Å². The number of nitrogens with zero attached hydrogens (tertiary/aromatic N) is 3. The molecule has 5 rings (SSSR count).